The van der Waals surface area contributed by atoms with Crippen molar-refractivity contribution in [2.24, 2.45) is 11.8 Å². The zero-order valence-electron chi connectivity index (χ0n) is 11.9. The minimum absolute atomic E-state index is 0.0951. The van der Waals surface area contributed by atoms with Crippen LogP contribution in [0, 0.1) is 18.8 Å². The number of hydrogen-bond donors (Lipinski definition) is 2. The van der Waals surface area contributed by atoms with Gasteiger partial charge in [0.25, 0.3) is 5.91 Å². The number of carbonyl (C=O) groups excluding carboxylic acids is 1. The van der Waals surface area contributed by atoms with E-state index in [1.165, 1.54) is 12.8 Å². The Balaban J connectivity index is 2.08. The number of amides is 1. The Bertz CT molecular complexity index is 470. The molecule has 1 aromatic rings. The summed E-state index contributed by atoms with van der Waals surface area (Å²) in [5.74, 6) is 1.16. The predicted octanol–water partition coefficient (Wildman–Crippen LogP) is 3.26. The quantitative estimate of drug-likeness (QED) is 0.877. The van der Waals surface area contributed by atoms with Crippen molar-refractivity contribution in [2.75, 3.05) is 0 Å². The molecule has 19 heavy (non-hydrogen) atoms. The second-order valence-corrected chi connectivity index (χ2v) is 5.66. The number of hydrogen-bond acceptors (Lipinski definition) is 2. The van der Waals surface area contributed by atoms with Crippen molar-refractivity contribution < 1.29 is 9.90 Å². The zero-order valence-corrected chi connectivity index (χ0v) is 11.9. The zero-order chi connectivity index (χ0) is 14.0. The highest BCUT2D eigenvalue weighted by Crippen LogP contribution is 2.34. The lowest BCUT2D eigenvalue weighted by atomic mass is 9.93. The number of benzene rings is 1. The lowest BCUT2D eigenvalue weighted by Crippen LogP contribution is -2.37. The summed E-state index contributed by atoms with van der Waals surface area (Å²) in [6, 6.07) is 5.51. The van der Waals surface area contributed by atoms with Gasteiger partial charge in [0.15, 0.2) is 0 Å². The molecule has 1 aliphatic rings. The molecule has 3 unspecified atom stereocenters. The molecule has 2 rings (SSSR count). The Kier molecular flexibility index (Phi) is 4.13. The largest absolute Gasteiger partial charge is 0.507 e. The third-order valence-electron chi connectivity index (χ3n) is 4.55. The van der Waals surface area contributed by atoms with Crippen LogP contribution >= 0.6 is 0 Å². The molecular formula is C16H23NO2. The second kappa shape index (κ2) is 5.64. The van der Waals surface area contributed by atoms with Crippen LogP contribution in [-0.4, -0.2) is 17.1 Å². The normalized spacial score (nSPS) is 26.4. The van der Waals surface area contributed by atoms with E-state index in [2.05, 4.69) is 19.2 Å². The first kappa shape index (κ1) is 13.9. The monoisotopic (exact) mass is 261 g/mol. The summed E-state index contributed by atoms with van der Waals surface area (Å²) >= 11 is 0. The van der Waals surface area contributed by atoms with Crippen molar-refractivity contribution in [1.82, 2.24) is 5.32 Å². The van der Waals surface area contributed by atoms with Gasteiger partial charge in [-0.25, -0.2) is 0 Å². The lowest BCUT2D eigenvalue weighted by molar-refractivity contribution is 0.0923. The highest BCUT2D eigenvalue weighted by molar-refractivity contribution is 5.97. The summed E-state index contributed by atoms with van der Waals surface area (Å²) in [7, 11) is 0. The fourth-order valence-electron chi connectivity index (χ4n) is 3.12. The van der Waals surface area contributed by atoms with Gasteiger partial charge in [0, 0.05) is 6.04 Å². The molecule has 1 saturated carbocycles. The number of aromatic hydroxyl groups is 1. The number of phenols is 1. The van der Waals surface area contributed by atoms with Crippen LogP contribution in [0.1, 0.15) is 49.0 Å². The first-order chi connectivity index (χ1) is 9.04. The second-order valence-electron chi connectivity index (χ2n) is 5.66. The predicted molar refractivity (Wildman–Crippen MR) is 76.3 cm³/mol. The molecule has 3 nitrogen and oxygen atoms in total. The smallest absolute Gasteiger partial charge is 0.255 e. The third-order valence-corrected chi connectivity index (χ3v) is 4.55. The maximum absolute atomic E-state index is 12.2. The number of para-hydroxylation sites is 1. The first-order valence-electron chi connectivity index (χ1n) is 7.14. The van der Waals surface area contributed by atoms with Crippen LogP contribution in [0.4, 0.5) is 0 Å². The minimum Gasteiger partial charge on any atom is -0.507 e. The standard InChI is InChI=1S/C16H23NO2/c1-4-12-8-9-14(11(12)3)17-16(19)13-7-5-6-10(2)15(13)18/h5-7,11-12,14,18H,4,8-9H2,1-3H3,(H,17,19). The van der Waals surface area contributed by atoms with E-state index in [-0.39, 0.29) is 17.7 Å². The van der Waals surface area contributed by atoms with E-state index in [1.54, 1.807) is 25.1 Å². The van der Waals surface area contributed by atoms with Gasteiger partial charge in [-0.3, -0.25) is 4.79 Å². The summed E-state index contributed by atoms with van der Waals surface area (Å²) in [4.78, 5) is 12.2. The summed E-state index contributed by atoms with van der Waals surface area (Å²) in [5, 5.41) is 13.0. The Morgan fingerprint density at radius 1 is 1.42 bits per heavy atom. The number of nitrogens with one attached hydrogen (secondary N) is 1. The highest BCUT2D eigenvalue weighted by atomic mass is 16.3. The minimum atomic E-state index is -0.158. The highest BCUT2D eigenvalue weighted by Gasteiger charge is 2.32. The Labute approximate surface area is 115 Å². The molecule has 1 fully saturated rings. The van der Waals surface area contributed by atoms with E-state index in [1.807, 2.05) is 0 Å². The van der Waals surface area contributed by atoms with Gasteiger partial charge in [0.05, 0.1) is 5.56 Å². The van der Waals surface area contributed by atoms with Crippen molar-refractivity contribution in [2.45, 2.75) is 46.1 Å². The van der Waals surface area contributed by atoms with Gasteiger partial charge in [0.1, 0.15) is 5.75 Å². The van der Waals surface area contributed by atoms with Crippen LogP contribution in [0.2, 0.25) is 0 Å². The van der Waals surface area contributed by atoms with Crippen LogP contribution in [0.3, 0.4) is 0 Å². The molecule has 0 aliphatic heterocycles. The number of carbonyl (C=O) groups is 1. The maximum atomic E-state index is 12.2. The van der Waals surface area contributed by atoms with E-state index < -0.39 is 0 Å². The van der Waals surface area contributed by atoms with Crippen LogP contribution in [0.25, 0.3) is 0 Å². The number of phenolic OH excluding ortho intramolecular Hbond substituents is 1. The average molecular weight is 261 g/mol. The summed E-state index contributed by atoms with van der Waals surface area (Å²) < 4.78 is 0. The van der Waals surface area contributed by atoms with Crippen molar-refractivity contribution in [3.63, 3.8) is 0 Å². The van der Waals surface area contributed by atoms with E-state index in [4.69, 9.17) is 0 Å². The van der Waals surface area contributed by atoms with E-state index in [9.17, 15) is 9.90 Å². The van der Waals surface area contributed by atoms with Crippen molar-refractivity contribution >= 4 is 5.91 Å². The molecule has 0 heterocycles. The molecule has 1 amide bonds. The fourth-order valence-corrected chi connectivity index (χ4v) is 3.12. The molecule has 0 bridgehead atoms. The Morgan fingerprint density at radius 2 is 2.16 bits per heavy atom. The maximum Gasteiger partial charge on any atom is 0.255 e. The first-order valence-corrected chi connectivity index (χ1v) is 7.14. The average Bonchev–Trinajstić information content (AvgIpc) is 2.73. The van der Waals surface area contributed by atoms with E-state index in [0.717, 1.165) is 12.0 Å². The van der Waals surface area contributed by atoms with Crippen LogP contribution in [0.15, 0.2) is 18.2 Å². The molecule has 104 valence electrons. The van der Waals surface area contributed by atoms with Crippen molar-refractivity contribution in [1.29, 1.82) is 0 Å². The van der Waals surface area contributed by atoms with Crippen LogP contribution < -0.4 is 5.32 Å². The van der Waals surface area contributed by atoms with Gasteiger partial charge in [-0.1, -0.05) is 32.4 Å². The van der Waals surface area contributed by atoms with Crippen LogP contribution in [0.5, 0.6) is 5.75 Å². The van der Waals surface area contributed by atoms with E-state index in [0.29, 0.717) is 17.4 Å². The molecule has 0 aromatic heterocycles. The van der Waals surface area contributed by atoms with Gasteiger partial charge >= 0.3 is 0 Å². The van der Waals surface area contributed by atoms with Crippen LogP contribution in [-0.2, 0) is 0 Å². The summed E-state index contributed by atoms with van der Waals surface area (Å²) in [5.41, 5.74) is 1.12. The van der Waals surface area contributed by atoms with E-state index >= 15 is 0 Å². The molecule has 3 heteroatoms. The molecule has 2 N–H and O–H groups in total. The Morgan fingerprint density at radius 3 is 2.79 bits per heavy atom. The van der Waals surface area contributed by atoms with Gasteiger partial charge < -0.3 is 10.4 Å². The Hall–Kier alpha value is -1.51. The number of rotatable bonds is 3. The molecular weight excluding hydrogens is 238 g/mol. The molecule has 1 aromatic carbocycles. The fraction of sp³-hybridized carbons (Fsp3) is 0.562. The van der Waals surface area contributed by atoms with Gasteiger partial charge in [-0.2, -0.15) is 0 Å². The van der Waals surface area contributed by atoms with Crippen molar-refractivity contribution in [3.05, 3.63) is 29.3 Å². The molecule has 0 saturated heterocycles. The SMILES string of the molecule is CCC1CCC(NC(=O)c2cccc(C)c2O)C1C. The molecule has 0 spiro atoms. The van der Waals surface area contributed by atoms with Gasteiger partial charge in [0.2, 0.25) is 0 Å². The third kappa shape index (κ3) is 2.75. The summed E-state index contributed by atoms with van der Waals surface area (Å²) in [6.45, 7) is 6.22. The van der Waals surface area contributed by atoms with Gasteiger partial charge in [-0.15, -0.1) is 0 Å². The van der Waals surface area contributed by atoms with Crippen molar-refractivity contribution in [3.8, 4) is 5.75 Å². The molecule has 0 radical (unpaired) electrons. The topological polar surface area (TPSA) is 49.3 Å². The van der Waals surface area contributed by atoms with Gasteiger partial charge in [-0.05, 0) is 43.2 Å². The lowest BCUT2D eigenvalue weighted by Gasteiger charge is -2.21. The summed E-state index contributed by atoms with van der Waals surface area (Å²) in [6.07, 6.45) is 3.39. The number of aryl methyl sites for hydroxylation is 1. The molecule has 1 aliphatic carbocycles. The molecule has 3 atom stereocenters.